The molecule has 5 heteroatoms. The van der Waals surface area contributed by atoms with Crippen molar-refractivity contribution < 1.29 is 9.59 Å². The van der Waals surface area contributed by atoms with Gasteiger partial charge in [-0.25, -0.2) is 0 Å². The summed E-state index contributed by atoms with van der Waals surface area (Å²) in [5.74, 6) is -0.230. The molecule has 0 bridgehead atoms. The van der Waals surface area contributed by atoms with Crippen molar-refractivity contribution in [1.82, 2.24) is 10.6 Å². The fraction of sp³-hybridized carbons (Fsp3) is 0.385. The highest BCUT2D eigenvalue weighted by molar-refractivity contribution is 5.99. The maximum atomic E-state index is 12.0. The van der Waals surface area contributed by atoms with Crippen molar-refractivity contribution in [3.63, 3.8) is 0 Å². The Morgan fingerprint density at radius 1 is 1.39 bits per heavy atom. The monoisotopic (exact) mass is 247 g/mol. The van der Waals surface area contributed by atoms with E-state index in [1.807, 2.05) is 0 Å². The fourth-order valence-corrected chi connectivity index (χ4v) is 2.06. The number of nitrogens with two attached hydrogens (primary N) is 1. The van der Waals surface area contributed by atoms with E-state index < -0.39 is 0 Å². The summed E-state index contributed by atoms with van der Waals surface area (Å²) in [6, 6.07) is 6.81. The van der Waals surface area contributed by atoms with Crippen LogP contribution in [0.2, 0.25) is 0 Å². The van der Waals surface area contributed by atoms with Crippen LogP contribution in [0.25, 0.3) is 0 Å². The van der Waals surface area contributed by atoms with Gasteiger partial charge in [0.15, 0.2) is 0 Å². The van der Waals surface area contributed by atoms with Gasteiger partial charge in [0.05, 0.1) is 5.56 Å². The molecule has 0 aromatic heterocycles. The van der Waals surface area contributed by atoms with Crippen LogP contribution in [0.15, 0.2) is 24.3 Å². The number of anilines is 1. The van der Waals surface area contributed by atoms with Crippen LogP contribution < -0.4 is 16.4 Å². The molecule has 1 aliphatic heterocycles. The second-order valence-corrected chi connectivity index (χ2v) is 4.45. The van der Waals surface area contributed by atoms with Crippen molar-refractivity contribution in [3.05, 3.63) is 29.8 Å². The van der Waals surface area contributed by atoms with Crippen molar-refractivity contribution in [3.8, 4) is 0 Å². The van der Waals surface area contributed by atoms with Crippen molar-refractivity contribution in [1.29, 1.82) is 0 Å². The maximum Gasteiger partial charge on any atom is 0.253 e. The molecule has 1 atom stereocenters. The smallest absolute Gasteiger partial charge is 0.253 e. The first-order valence-corrected chi connectivity index (χ1v) is 6.09. The standard InChI is InChI=1S/C13H17N3O2/c14-11-6-2-1-5-10(11)13(18)16-9-4-3-7-15-12(17)8-9/h1-2,5-6,9H,3-4,7-8,14H2,(H,15,17)(H,16,18). The Morgan fingerprint density at radius 2 is 2.17 bits per heavy atom. The summed E-state index contributed by atoms with van der Waals surface area (Å²) in [5, 5.41) is 5.65. The predicted octanol–water partition coefficient (Wildman–Crippen LogP) is 0.667. The van der Waals surface area contributed by atoms with Gasteiger partial charge in [0.2, 0.25) is 5.91 Å². The Morgan fingerprint density at radius 3 is 2.94 bits per heavy atom. The largest absolute Gasteiger partial charge is 0.398 e. The minimum Gasteiger partial charge on any atom is -0.398 e. The molecule has 0 radical (unpaired) electrons. The lowest BCUT2D eigenvalue weighted by molar-refractivity contribution is -0.121. The van der Waals surface area contributed by atoms with Crippen LogP contribution in [-0.2, 0) is 4.79 Å². The van der Waals surface area contributed by atoms with Crippen LogP contribution in [0.5, 0.6) is 0 Å². The minimum atomic E-state index is -0.215. The molecule has 1 aromatic rings. The molecular weight excluding hydrogens is 230 g/mol. The Kier molecular flexibility index (Phi) is 3.82. The van der Waals surface area contributed by atoms with E-state index in [0.717, 1.165) is 12.8 Å². The summed E-state index contributed by atoms with van der Waals surface area (Å²) < 4.78 is 0. The van der Waals surface area contributed by atoms with Crippen molar-refractivity contribution in [2.45, 2.75) is 25.3 Å². The predicted molar refractivity (Wildman–Crippen MR) is 69.0 cm³/mol. The third-order valence-corrected chi connectivity index (χ3v) is 3.02. The third-order valence-electron chi connectivity index (χ3n) is 3.02. The van der Waals surface area contributed by atoms with Gasteiger partial charge in [0.1, 0.15) is 0 Å². The normalized spacial score (nSPS) is 19.8. The molecule has 1 aromatic carbocycles. The van der Waals surface area contributed by atoms with Crippen molar-refractivity contribution in [2.24, 2.45) is 0 Å². The minimum absolute atomic E-state index is 0.0150. The highest BCUT2D eigenvalue weighted by Gasteiger charge is 2.20. The molecule has 4 N–H and O–H groups in total. The lowest BCUT2D eigenvalue weighted by atomic mass is 10.1. The zero-order valence-electron chi connectivity index (χ0n) is 10.1. The van der Waals surface area contributed by atoms with Crippen LogP contribution in [0, 0.1) is 0 Å². The van der Waals surface area contributed by atoms with Gasteiger partial charge in [0.25, 0.3) is 5.91 Å². The van der Waals surface area contributed by atoms with Gasteiger partial charge in [-0.1, -0.05) is 12.1 Å². The second-order valence-electron chi connectivity index (χ2n) is 4.45. The van der Waals surface area contributed by atoms with Crippen LogP contribution in [-0.4, -0.2) is 24.4 Å². The summed E-state index contributed by atoms with van der Waals surface area (Å²) in [4.78, 5) is 23.4. The van der Waals surface area contributed by atoms with Crippen molar-refractivity contribution in [2.75, 3.05) is 12.3 Å². The van der Waals surface area contributed by atoms with Gasteiger partial charge in [-0.2, -0.15) is 0 Å². The Balaban J connectivity index is 2.02. The van der Waals surface area contributed by atoms with Crippen LogP contribution in [0.4, 0.5) is 5.69 Å². The average Bonchev–Trinajstić information content (AvgIpc) is 2.54. The zero-order valence-corrected chi connectivity index (χ0v) is 10.1. The Labute approximate surface area is 106 Å². The molecule has 18 heavy (non-hydrogen) atoms. The molecule has 1 heterocycles. The summed E-state index contributed by atoms with van der Waals surface area (Å²) in [5.41, 5.74) is 6.66. The number of amides is 2. The van der Waals surface area contributed by atoms with E-state index in [4.69, 9.17) is 5.73 Å². The molecule has 1 aliphatic rings. The number of carbonyl (C=O) groups excluding carboxylic acids is 2. The maximum absolute atomic E-state index is 12.0. The molecular formula is C13H17N3O2. The molecule has 1 fully saturated rings. The topological polar surface area (TPSA) is 84.2 Å². The SMILES string of the molecule is Nc1ccccc1C(=O)NC1CCCNC(=O)C1. The molecule has 0 spiro atoms. The van der Waals surface area contributed by atoms with Crippen molar-refractivity contribution >= 4 is 17.5 Å². The fourth-order valence-electron chi connectivity index (χ4n) is 2.06. The molecule has 2 amide bonds. The van der Waals surface area contributed by atoms with E-state index in [1.165, 1.54) is 0 Å². The molecule has 0 aliphatic carbocycles. The molecule has 5 nitrogen and oxygen atoms in total. The van der Waals surface area contributed by atoms with Gasteiger partial charge in [-0.3, -0.25) is 9.59 Å². The van der Waals surface area contributed by atoms with E-state index in [-0.39, 0.29) is 17.9 Å². The van der Waals surface area contributed by atoms with E-state index in [9.17, 15) is 9.59 Å². The summed E-state index contributed by atoms with van der Waals surface area (Å²) in [7, 11) is 0. The summed E-state index contributed by atoms with van der Waals surface area (Å²) >= 11 is 0. The van der Waals surface area contributed by atoms with Gasteiger partial charge in [0, 0.05) is 24.7 Å². The summed E-state index contributed by atoms with van der Waals surface area (Å²) in [6.45, 7) is 0.679. The van der Waals surface area contributed by atoms with Crippen LogP contribution >= 0.6 is 0 Å². The van der Waals surface area contributed by atoms with Gasteiger partial charge in [-0.05, 0) is 25.0 Å². The number of carbonyl (C=O) groups is 2. The quantitative estimate of drug-likeness (QED) is 0.671. The first-order chi connectivity index (χ1) is 8.66. The van der Waals surface area contributed by atoms with Gasteiger partial charge in [-0.15, -0.1) is 0 Å². The number of nitrogen functional groups attached to an aromatic ring is 1. The van der Waals surface area contributed by atoms with E-state index in [1.54, 1.807) is 24.3 Å². The van der Waals surface area contributed by atoms with Gasteiger partial charge >= 0.3 is 0 Å². The molecule has 1 unspecified atom stereocenters. The van der Waals surface area contributed by atoms with E-state index in [0.29, 0.717) is 24.2 Å². The van der Waals surface area contributed by atoms with Crippen LogP contribution in [0.1, 0.15) is 29.6 Å². The lowest BCUT2D eigenvalue weighted by Gasteiger charge is -2.15. The number of hydrogen-bond donors (Lipinski definition) is 3. The number of nitrogens with one attached hydrogen (secondary N) is 2. The zero-order chi connectivity index (χ0) is 13.0. The lowest BCUT2D eigenvalue weighted by Crippen LogP contribution is -2.37. The number of rotatable bonds is 2. The Bertz CT molecular complexity index is 459. The number of hydrogen-bond acceptors (Lipinski definition) is 3. The molecule has 2 rings (SSSR count). The average molecular weight is 247 g/mol. The third kappa shape index (κ3) is 3.00. The Hall–Kier alpha value is -2.04. The first-order valence-electron chi connectivity index (χ1n) is 6.09. The van der Waals surface area contributed by atoms with Gasteiger partial charge < -0.3 is 16.4 Å². The van der Waals surface area contributed by atoms with E-state index >= 15 is 0 Å². The molecule has 96 valence electrons. The first kappa shape index (κ1) is 12.4. The summed E-state index contributed by atoms with van der Waals surface area (Å²) in [6.07, 6.45) is 2.01. The van der Waals surface area contributed by atoms with Crippen LogP contribution in [0.3, 0.4) is 0 Å². The number of para-hydroxylation sites is 1. The molecule has 0 saturated carbocycles. The number of benzene rings is 1. The highest BCUT2D eigenvalue weighted by Crippen LogP contribution is 2.12. The molecule has 1 saturated heterocycles. The van der Waals surface area contributed by atoms with E-state index in [2.05, 4.69) is 10.6 Å². The highest BCUT2D eigenvalue weighted by atomic mass is 16.2. The second kappa shape index (κ2) is 5.53.